The van der Waals surface area contributed by atoms with Crippen molar-refractivity contribution in [3.63, 3.8) is 0 Å². The largest absolute Gasteiger partial charge is 0.459 e. The van der Waals surface area contributed by atoms with E-state index in [0.29, 0.717) is 18.7 Å². The van der Waals surface area contributed by atoms with E-state index >= 15 is 0 Å². The molecule has 0 bridgehead atoms. The Morgan fingerprint density at radius 1 is 1.36 bits per heavy atom. The van der Waals surface area contributed by atoms with Gasteiger partial charge in [0, 0.05) is 30.2 Å². The van der Waals surface area contributed by atoms with E-state index in [1.807, 2.05) is 49.7 Å². The summed E-state index contributed by atoms with van der Waals surface area (Å²) < 4.78 is 7.50. The van der Waals surface area contributed by atoms with Gasteiger partial charge in [0.05, 0.1) is 5.52 Å². The second-order valence-electron chi connectivity index (χ2n) is 6.63. The smallest absolute Gasteiger partial charge is 0.325 e. The van der Waals surface area contributed by atoms with Crippen LogP contribution in [-0.2, 0) is 22.6 Å². The highest BCUT2D eigenvalue weighted by Gasteiger charge is 2.28. The molecular formula is C17H20N2O3. The molecular weight excluding hydrogens is 280 g/mol. The zero-order chi connectivity index (χ0) is 15.9. The first-order valence-corrected chi connectivity index (χ1v) is 7.41. The lowest BCUT2D eigenvalue weighted by Gasteiger charge is -2.24. The third kappa shape index (κ3) is 2.64. The van der Waals surface area contributed by atoms with Crippen LogP contribution in [0.5, 0.6) is 0 Å². The molecule has 0 saturated carbocycles. The van der Waals surface area contributed by atoms with Gasteiger partial charge in [-0.1, -0.05) is 12.1 Å². The Balaban J connectivity index is 1.95. The van der Waals surface area contributed by atoms with Crippen LogP contribution in [0.15, 0.2) is 24.4 Å². The van der Waals surface area contributed by atoms with Crippen molar-refractivity contribution in [1.29, 1.82) is 0 Å². The molecule has 0 spiro atoms. The summed E-state index contributed by atoms with van der Waals surface area (Å²) >= 11 is 0. The van der Waals surface area contributed by atoms with Gasteiger partial charge in [0.15, 0.2) is 6.29 Å². The van der Waals surface area contributed by atoms with Gasteiger partial charge in [-0.15, -0.1) is 0 Å². The minimum absolute atomic E-state index is 0.252. The number of carbonyl (C=O) groups is 2. The van der Waals surface area contributed by atoms with E-state index < -0.39 is 11.6 Å². The lowest BCUT2D eigenvalue weighted by atomic mass is 10.1. The molecule has 1 N–H and O–H groups in total. The predicted molar refractivity (Wildman–Crippen MR) is 83.8 cm³/mol. The Labute approximate surface area is 129 Å². The van der Waals surface area contributed by atoms with Crippen LogP contribution in [0.2, 0.25) is 0 Å². The van der Waals surface area contributed by atoms with Gasteiger partial charge < -0.3 is 9.30 Å². The van der Waals surface area contributed by atoms with Gasteiger partial charge >= 0.3 is 5.97 Å². The quantitative estimate of drug-likeness (QED) is 0.683. The number of carbonyl (C=O) groups excluding carboxylic acids is 2. The molecule has 22 heavy (non-hydrogen) atoms. The molecule has 0 fully saturated rings. The maximum absolute atomic E-state index is 12.3. The third-order valence-electron chi connectivity index (χ3n) is 3.78. The molecule has 5 nitrogen and oxygen atoms in total. The molecule has 1 aliphatic heterocycles. The van der Waals surface area contributed by atoms with Crippen molar-refractivity contribution in [2.75, 3.05) is 0 Å². The summed E-state index contributed by atoms with van der Waals surface area (Å²) in [4.78, 5) is 23.5. The minimum atomic E-state index is -0.505. The summed E-state index contributed by atoms with van der Waals surface area (Å²) in [5.74, 6) is -0.252. The van der Waals surface area contributed by atoms with Gasteiger partial charge in [0.2, 0.25) is 0 Å². The number of nitrogens with one attached hydrogen (secondary N) is 1. The highest BCUT2D eigenvalue weighted by Crippen LogP contribution is 2.26. The summed E-state index contributed by atoms with van der Waals surface area (Å²) in [5.41, 5.74) is 2.27. The summed E-state index contributed by atoms with van der Waals surface area (Å²) in [6.45, 7) is 6.65. The maximum Gasteiger partial charge on any atom is 0.325 e. The Kier molecular flexibility index (Phi) is 3.53. The van der Waals surface area contributed by atoms with Crippen LogP contribution in [0.3, 0.4) is 0 Å². The molecule has 0 radical (unpaired) electrons. The number of ether oxygens (including phenoxy) is 1. The standard InChI is InChI=1S/C17H20N2O3/c1-17(2,3)22-16(21)14-9-19-7-6-13-12(10-20)5-4-11(8-18-14)15(13)19/h4-7,10,14,18H,8-9H2,1-3H3. The topological polar surface area (TPSA) is 60.3 Å². The third-order valence-corrected chi connectivity index (χ3v) is 3.78. The maximum atomic E-state index is 12.3. The monoisotopic (exact) mass is 300 g/mol. The molecule has 1 aliphatic rings. The van der Waals surface area contributed by atoms with E-state index in [0.717, 1.165) is 22.8 Å². The van der Waals surface area contributed by atoms with Crippen LogP contribution < -0.4 is 5.32 Å². The second-order valence-corrected chi connectivity index (χ2v) is 6.63. The Hall–Kier alpha value is -2.14. The Morgan fingerprint density at radius 3 is 2.82 bits per heavy atom. The van der Waals surface area contributed by atoms with E-state index in [4.69, 9.17) is 4.74 Å². The van der Waals surface area contributed by atoms with Crippen LogP contribution in [0.25, 0.3) is 10.9 Å². The molecule has 1 unspecified atom stereocenters. The van der Waals surface area contributed by atoms with E-state index in [1.165, 1.54) is 0 Å². The molecule has 0 amide bonds. The van der Waals surface area contributed by atoms with Crippen molar-refractivity contribution in [3.05, 3.63) is 35.5 Å². The zero-order valence-corrected chi connectivity index (χ0v) is 13.1. The first-order valence-electron chi connectivity index (χ1n) is 7.41. The first kappa shape index (κ1) is 14.8. The summed E-state index contributed by atoms with van der Waals surface area (Å²) in [6, 6.07) is 5.29. The van der Waals surface area contributed by atoms with Crippen molar-refractivity contribution in [3.8, 4) is 0 Å². The van der Waals surface area contributed by atoms with Crippen molar-refractivity contribution >= 4 is 23.2 Å². The fraction of sp³-hybridized carbons (Fsp3) is 0.412. The fourth-order valence-corrected chi connectivity index (χ4v) is 2.84. The van der Waals surface area contributed by atoms with Gasteiger partial charge in [-0.05, 0) is 32.4 Å². The van der Waals surface area contributed by atoms with E-state index in [1.54, 1.807) is 0 Å². The average Bonchev–Trinajstić information content (AvgIpc) is 2.75. The summed E-state index contributed by atoms with van der Waals surface area (Å²) in [5, 5.41) is 4.18. The molecule has 1 aromatic heterocycles. The molecule has 0 aliphatic carbocycles. The number of hydrogen-bond acceptors (Lipinski definition) is 4. The van der Waals surface area contributed by atoms with Crippen LogP contribution in [0.1, 0.15) is 36.7 Å². The molecule has 0 saturated heterocycles. The van der Waals surface area contributed by atoms with Crippen molar-refractivity contribution in [1.82, 2.24) is 9.88 Å². The molecule has 3 rings (SSSR count). The fourth-order valence-electron chi connectivity index (χ4n) is 2.84. The van der Waals surface area contributed by atoms with Crippen LogP contribution in [0.4, 0.5) is 0 Å². The Morgan fingerprint density at radius 2 is 2.14 bits per heavy atom. The molecule has 2 aromatic rings. The number of nitrogens with zero attached hydrogens (tertiary/aromatic N) is 1. The van der Waals surface area contributed by atoms with Crippen LogP contribution in [-0.4, -0.2) is 28.5 Å². The van der Waals surface area contributed by atoms with E-state index in [-0.39, 0.29) is 5.97 Å². The van der Waals surface area contributed by atoms with Crippen molar-refractivity contribution < 1.29 is 14.3 Å². The molecule has 1 aromatic carbocycles. The second kappa shape index (κ2) is 5.25. The van der Waals surface area contributed by atoms with E-state index in [9.17, 15) is 9.59 Å². The lowest BCUT2D eigenvalue weighted by Crippen LogP contribution is -2.42. The highest BCUT2D eigenvalue weighted by molar-refractivity contribution is 5.98. The van der Waals surface area contributed by atoms with Crippen LogP contribution in [0, 0.1) is 0 Å². The summed E-state index contributed by atoms with van der Waals surface area (Å²) in [6.07, 6.45) is 2.79. The molecule has 5 heteroatoms. The van der Waals surface area contributed by atoms with Crippen molar-refractivity contribution in [2.45, 2.75) is 45.5 Å². The van der Waals surface area contributed by atoms with Crippen LogP contribution >= 0.6 is 0 Å². The Bertz CT molecular complexity index is 740. The van der Waals surface area contributed by atoms with Gasteiger partial charge in [-0.3, -0.25) is 14.9 Å². The first-order chi connectivity index (χ1) is 10.4. The van der Waals surface area contributed by atoms with Gasteiger partial charge in [0.1, 0.15) is 11.6 Å². The van der Waals surface area contributed by atoms with E-state index in [2.05, 4.69) is 5.32 Å². The highest BCUT2D eigenvalue weighted by atomic mass is 16.6. The normalized spacial score (nSPS) is 18.0. The van der Waals surface area contributed by atoms with Crippen molar-refractivity contribution in [2.24, 2.45) is 0 Å². The number of benzene rings is 1. The lowest BCUT2D eigenvalue weighted by molar-refractivity contribution is -0.157. The zero-order valence-electron chi connectivity index (χ0n) is 13.1. The van der Waals surface area contributed by atoms with Gasteiger partial charge in [0.25, 0.3) is 0 Å². The average molecular weight is 300 g/mol. The summed E-state index contributed by atoms with van der Waals surface area (Å²) in [7, 11) is 0. The number of esters is 1. The van der Waals surface area contributed by atoms with Gasteiger partial charge in [-0.25, -0.2) is 0 Å². The predicted octanol–water partition coefficient (Wildman–Crippen LogP) is 2.27. The number of hydrogen-bond donors (Lipinski definition) is 1. The molecule has 116 valence electrons. The number of aldehydes is 1. The number of rotatable bonds is 2. The molecule has 2 heterocycles. The molecule has 1 atom stereocenters. The minimum Gasteiger partial charge on any atom is -0.459 e. The SMILES string of the molecule is CC(C)(C)OC(=O)C1Cn2ccc3c(C=O)ccc(c32)CN1. The van der Waals surface area contributed by atoms with Gasteiger partial charge in [-0.2, -0.15) is 0 Å². The number of aromatic nitrogens is 1.